The molecule has 1 aliphatic heterocycles. The summed E-state index contributed by atoms with van der Waals surface area (Å²) < 4.78 is 0. The summed E-state index contributed by atoms with van der Waals surface area (Å²) in [6.07, 6.45) is 8.95. The molecule has 0 aromatic heterocycles. The quantitative estimate of drug-likeness (QED) is 0.464. The summed E-state index contributed by atoms with van der Waals surface area (Å²) in [5, 5.41) is 13.5. The first-order chi connectivity index (χ1) is 17.6. The SMILES string of the molecule is CCC(C)[C@]1(c2ccccc2)CCCC(CC2(O)CCC2)C(C)C(=O)N(CC(=O)NCC(N)=O)CCC1. The molecule has 1 saturated carbocycles. The number of rotatable bonds is 9. The van der Waals surface area contributed by atoms with E-state index >= 15 is 0 Å². The van der Waals surface area contributed by atoms with Crippen LogP contribution >= 0.6 is 0 Å². The van der Waals surface area contributed by atoms with Crippen molar-refractivity contribution in [3.8, 4) is 0 Å². The first-order valence-corrected chi connectivity index (χ1v) is 14.2. The Labute approximate surface area is 222 Å². The number of nitrogens with one attached hydrogen (secondary N) is 1. The minimum Gasteiger partial charge on any atom is -0.390 e. The molecule has 0 spiro atoms. The van der Waals surface area contributed by atoms with E-state index in [-0.39, 0.29) is 42.2 Å². The van der Waals surface area contributed by atoms with Crippen LogP contribution in [0.1, 0.15) is 90.5 Å². The summed E-state index contributed by atoms with van der Waals surface area (Å²) >= 11 is 0. The first-order valence-electron chi connectivity index (χ1n) is 14.2. The molecule has 1 aromatic rings. The lowest BCUT2D eigenvalue weighted by atomic mass is 9.63. The van der Waals surface area contributed by atoms with E-state index in [1.165, 1.54) is 5.56 Å². The van der Waals surface area contributed by atoms with Gasteiger partial charge in [0.25, 0.3) is 0 Å². The Balaban J connectivity index is 1.91. The maximum Gasteiger partial charge on any atom is 0.240 e. The monoisotopic (exact) mass is 513 g/mol. The highest BCUT2D eigenvalue weighted by molar-refractivity contribution is 5.88. The number of aliphatic hydroxyl groups is 1. The molecule has 3 amide bonds. The third-order valence-electron chi connectivity index (χ3n) is 9.28. The molecule has 0 radical (unpaired) electrons. The zero-order valence-corrected chi connectivity index (χ0v) is 23.0. The highest BCUT2D eigenvalue weighted by Crippen LogP contribution is 2.46. The van der Waals surface area contributed by atoms with Crippen LogP contribution in [0.25, 0.3) is 0 Å². The molecule has 2 fully saturated rings. The normalized spacial score (nSPS) is 27.5. The molecule has 3 unspecified atom stereocenters. The van der Waals surface area contributed by atoms with Crippen LogP contribution in [0.4, 0.5) is 0 Å². The fourth-order valence-electron chi connectivity index (χ4n) is 6.59. The van der Waals surface area contributed by atoms with Gasteiger partial charge in [0.2, 0.25) is 17.7 Å². The van der Waals surface area contributed by atoms with Crippen molar-refractivity contribution in [1.82, 2.24) is 10.2 Å². The van der Waals surface area contributed by atoms with Crippen molar-refractivity contribution in [3.05, 3.63) is 35.9 Å². The molecular formula is C30H47N3O4. The molecule has 1 heterocycles. The smallest absolute Gasteiger partial charge is 0.240 e. The lowest BCUT2D eigenvalue weighted by molar-refractivity contribution is -0.142. The van der Waals surface area contributed by atoms with Gasteiger partial charge in [0, 0.05) is 12.5 Å². The van der Waals surface area contributed by atoms with Crippen molar-refractivity contribution < 1.29 is 19.5 Å². The molecular weight excluding hydrogens is 466 g/mol. The van der Waals surface area contributed by atoms with Gasteiger partial charge in [-0.15, -0.1) is 0 Å². The van der Waals surface area contributed by atoms with E-state index in [4.69, 9.17) is 5.73 Å². The van der Waals surface area contributed by atoms with Crippen LogP contribution in [0.15, 0.2) is 30.3 Å². The van der Waals surface area contributed by atoms with Crippen LogP contribution in [-0.2, 0) is 19.8 Å². The summed E-state index contributed by atoms with van der Waals surface area (Å²) in [7, 11) is 0. The summed E-state index contributed by atoms with van der Waals surface area (Å²) in [6, 6.07) is 10.8. The van der Waals surface area contributed by atoms with Crippen LogP contribution in [-0.4, -0.2) is 53.0 Å². The number of nitrogens with zero attached hydrogens (tertiary/aromatic N) is 1. The molecule has 1 aliphatic carbocycles. The van der Waals surface area contributed by atoms with Crippen molar-refractivity contribution in [2.24, 2.45) is 23.5 Å². The van der Waals surface area contributed by atoms with Gasteiger partial charge in [0.15, 0.2) is 0 Å². The van der Waals surface area contributed by atoms with Gasteiger partial charge in [-0.2, -0.15) is 0 Å². The standard InChI is InChI=1S/C30H47N3O4/c1-4-22(2)30(25-12-6-5-7-13-25)16-8-11-24(19-29(37)14-9-15-29)23(3)28(36)33(18-10-17-30)21-27(35)32-20-26(31)34/h5-7,12-13,22-24,37H,4,8-11,14-21H2,1-3H3,(H2,31,34)(H,32,35)/t22?,23?,24?,30-/m0/s1. The molecule has 4 atom stereocenters. The largest absolute Gasteiger partial charge is 0.390 e. The lowest BCUT2D eigenvalue weighted by Crippen LogP contribution is -2.47. The van der Waals surface area contributed by atoms with E-state index in [0.717, 1.165) is 57.8 Å². The van der Waals surface area contributed by atoms with E-state index in [1.807, 2.05) is 6.92 Å². The number of benzene rings is 1. The number of hydrogen-bond donors (Lipinski definition) is 3. The van der Waals surface area contributed by atoms with Crippen molar-refractivity contribution >= 4 is 17.7 Å². The Kier molecular flexibility index (Phi) is 10.2. The van der Waals surface area contributed by atoms with Gasteiger partial charge in [-0.25, -0.2) is 0 Å². The van der Waals surface area contributed by atoms with E-state index in [2.05, 4.69) is 49.5 Å². The summed E-state index contributed by atoms with van der Waals surface area (Å²) in [5.41, 5.74) is 5.86. The lowest BCUT2D eigenvalue weighted by Gasteiger charge is -2.42. The Morgan fingerprint density at radius 3 is 2.41 bits per heavy atom. The van der Waals surface area contributed by atoms with Crippen molar-refractivity contribution in [3.63, 3.8) is 0 Å². The molecule has 0 bridgehead atoms. The van der Waals surface area contributed by atoms with Crippen LogP contribution in [0, 0.1) is 17.8 Å². The minimum absolute atomic E-state index is 0.00947. The predicted octanol–water partition coefficient (Wildman–Crippen LogP) is 3.92. The molecule has 37 heavy (non-hydrogen) atoms. The van der Waals surface area contributed by atoms with Crippen LogP contribution < -0.4 is 11.1 Å². The topological polar surface area (TPSA) is 113 Å². The molecule has 1 aromatic carbocycles. The van der Waals surface area contributed by atoms with Crippen molar-refractivity contribution in [2.75, 3.05) is 19.6 Å². The van der Waals surface area contributed by atoms with E-state index in [9.17, 15) is 19.5 Å². The molecule has 7 heteroatoms. The maximum atomic E-state index is 13.7. The zero-order chi connectivity index (χ0) is 27.1. The van der Waals surface area contributed by atoms with Gasteiger partial charge in [-0.1, -0.05) is 63.9 Å². The Hall–Kier alpha value is -2.41. The average molecular weight is 514 g/mol. The fraction of sp³-hybridized carbons (Fsp3) is 0.700. The van der Waals surface area contributed by atoms with Gasteiger partial charge in [0.05, 0.1) is 18.7 Å². The van der Waals surface area contributed by atoms with Crippen molar-refractivity contribution in [1.29, 1.82) is 0 Å². The number of carbonyl (C=O) groups is 3. The van der Waals surface area contributed by atoms with E-state index in [1.54, 1.807) is 4.90 Å². The number of primary amides is 1. The molecule has 3 rings (SSSR count). The van der Waals surface area contributed by atoms with Crippen LogP contribution in [0.5, 0.6) is 0 Å². The average Bonchev–Trinajstić information content (AvgIpc) is 2.89. The summed E-state index contributed by atoms with van der Waals surface area (Å²) in [4.78, 5) is 39.2. The third kappa shape index (κ3) is 7.34. The Bertz CT molecular complexity index is 917. The van der Waals surface area contributed by atoms with E-state index < -0.39 is 11.5 Å². The second-order valence-corrected chi connectivity index (χ2v) is 11.7. The van der Waals surface area contributed by atoms with Crippen LogP contribution in [0.2, 0.25) is 0 Å². The highest BCUT2D eigenvalue weighted by atomic mass is 16.3. The number of nitrogens with two attached hydrogens (primary N) is 1. The van der Waals surface area contributed by atoms with Gasteiger partial charge in [0.1, 0.15) is 0 Å². The zero-order valence-electron chi connectivity index (χ0n) is 23.0. The molecule has 1 saturated heterocycles. The molecule has 2 aliphatic rings. The Morgan fingerprint density at radius 1 is 1.14 bits per heavy atom. The van der Waals surface area contributed by atoms with Gasteiger partial charge >= 0.3 is 0 Å². The van der Waals surface area contributed by atoms with E-state index in [0.29, 0.717) is 18.9 Å². The second kappa shape index (κ2) is 12.9. The third-order valence-corrected chi connectivity index (χ3v) is 9.28. The maximum absolute atomic E-state index is 13.7. The van der Waals surface area contributed by atoms with Crippen LogP contribution in [0.3, 0.4) is 0 Å². The molecule has 206 valence electrons. The molecule has 4 N–H and O–H groups in total. The fourth-order valence-corrected chi connectivity index (χ4v) is 6.59. The van der Waals surface area contributed by atoms with Gasteiger partial charge in [-0.05, 0) is 74.2 Å². The second-order valence-electron chi connectivity index (χ2n) is 11.7. The highest BCUT2D eigenvalue weighted by Gasteiger charge is 2.42. The van der Waals surface area contributed by atoms with Gasteiger partial charge in [-0.3, -0.25) is 14.4 Å². The number of amides is 3. The van der Waals surface area contributed by atoms with Crippen molar-refractivity contribution in [2.45, 2.75) is 96.0 Å². The predicted molar refractivity (Wildman–Crippen MR) is 146 cm³/mol. The molecule has 7 nitrogen and oxygen atoms in total. The Morgan fingerprint density at radius 2 is 1.81 bits per heavy atom. The van der Waals surface area contributed by atoms with Gasteiger partial charge < -0.3 is 21.1 Å². The summed E-state index contributed by atoms with van der Waals surface area (Å²) in [5.74, 6) is -0.803. The number of carbonyl (C=O) groups excluding carboxylic acids is 3. The summed E-state index contributed by atoms with van der Waals surface area (Å²) in [6.45, 7) is 6.70. The number of hydrogen-bond acceptors (Lipinski definition) is 4. The first kappa shape index (κ1) is 29.2. The minimum atomic E-state index is -0.670.